The third kappa shape index (κ3) is 4.75. The van der Waals surface area contributed by atoms with Crippen molar-refractivity contribution in [2.45, 2.75) is 26.7 Å². The van der Waals surface area contributed by atoms with E-state index in [1.165, 1.54) is 21.8 Å². The van der Waals surface area contributed by atoms with Crippen molar-refractivity contribution in [3.05, 3.63) is 70.0 Å². The standard InChI is InChI=1S/C18H19FN6O4/c1-3-23-11-13(9-20-23)10-22(2)18(26)15-6-7-24(21-15)12-29-17-8-14(19)4-5-16(17)25(27)28/h4-9,11H,3,10,12H2,1-2H3. The summed E-state index contributed by atoms with van der Waals surface area (Å²) in [4.78, 5) is 24.4. The second kappa shape index (κ2) is 8.50. The highest BCUT2D eigenvalue weighted by molar-refractivity contribution is 5.91. The van der Waals surface area contributed by atoms with E-state index in [1.807, 2.05) is 13.1 Å². The molecule has 0 N–H and O–H groups in total. The van der Waals surface area contributed by atoms with E-state index in [-0.39, 0.29) is 29.8 Å². The van der Waals surface area contributed by atoms with Gasteiger partial charge in [0.25, 0.3) is 5.91 Å². The topological polar surface area (TPSA) is 108 Å². The van der Waals surface area contributed by atoms with Gasteiger partial charge in [0, 0.05) is 50.2 Å². The van der Waals surface area contributed by atoms with Gasteiger partial charge in [0.15, 0.2) is 12.4 Å². The molecular formula is C18H19FN6O4. The van der Waals surface area contributed by atoms with Gasteiger partial charge in [-0.1, -0.05) is 0 Å². The minimum absolute atomic E-state index is 0.188. The lowest BCUT2D eigenvalue weighted by Crippen LogP contribution is -2.26. The third-order valence-corrected chi connectivity index (χ3v) is 4.11. The zero-order valence-electron chi connectivity index (χ0n) is 15.9. The summed E-state index contributed by atoms with van der Waals surface area (Å²) in [5.74, 6) is -1.18. The van der Waals surface area contributed by atoms with Gasteiger partial charge in [-0.2, -0.15) is 10.2 Å². The summed E-state index contributed by atoms with van der Waals surface area (Å²) in [6.45, 7) is 2.87. The molecule has 10 nitrogen and oxygen atoms in total. The summed E-state index contributed by atoms with van der Waals surface area (Å²) in [6, 6.07) is 4.45. The van der Waals surface area contributed by atoms with Crippen LogP contribution in [0.25, 0.3) is 0 Å². The quantitative estimate of drug-likeness (QED) is 0.423. The Hall–Kier alpha value is -3.76. The number of nitro benzene ring substituents is 1. The molecule has 1 amide bonds. The minimum atomic E-state index is -0.664. The normalized spacial score (nSPS) is 10.7. The van der Waals surface area contributed by atoms with Crippen LogP contribution in [-0.2, 0) is 19.8 Å². The molecule has 0 saturated carbocycles. The van der Waals surface area contributed by atoms with Crippen LogP contribution in [0.5, 0.6) is 5.75 Å². The van der Waals surface area contributed by atoms with Crippen LogP contribution >= 0.6 is 0 Å². The summed E-state index contributed by atoms with van der Waals surface area (Å²) in [6.07, 6.45) is 5.06. The number of nitrogens with zero attached hydrogens (tertiary/aromatic N) is 6. The number of carbonyl (C=O) groups excluding carboxylic acids is 1. The lowest BCUT2D eigenvalue weighted by Gasteiger charge is -2.14. The van der Waals surface area contributed by atoms with E-state index in [1.54, 1.807) is 17.9 Å². The molecule has 0 saturated heterocycles. The molecule has 0 aliphatic heterocycles. The first-order valence-electron chi connectivity index (χ1n) is 8.74. The molecule has 0 unspecified atom stereocenters. The molecule has 3 aromatic rings. The zero-order chi connectivity index (χ0) is 21.0. The average Bonchev–Trinajstić information content (AvgIpc) is 3.34. The first-order chi connectivity index (χ1) is 13.9. The van der Waals surface area contributed by atoms with Crippen LogP contribution in [0.1, 0.15) is 23.0 Å². The van der Waals surface area contributed by atoms with Crippen molar-refractivity contribution in [2.75, 3.05) is 7.05 Å². The zero-order valence-corrected chi connectivity index (χ0v) is 15.9. The van der Waals surface area contributed by atoms with Crippen molar-refractivity contribution in [1.82, 2.24) is 24.5 Å². The molecule has 0 fully saturated rings. The van der Waals surface area contributed by atoms with Crippen LogP contribution in [0, 0.1) is 15.9 Å². The summed E-state index contributed by atoms with van der Waals surface area (Å²) in [5, 5.41) is 19.3. The van der Waals surface area contributed by atoms with E-state index < -0.39 is 10.7 Å². The monoisotopic (exact) mass is 402 g/mol. The SMILES string of the molecule is CCn1cc(CN(C)C(=O)c2ccn(COc3cc(F)ccc3[N+](=O)[O-])n2)cn1. The number of carbonyl (C=O) groups is 1. The van der Waals surface area contributed by atoms with E-state index in [2.05, 4.69) is 10.2 Å². The molecule has 29 heavy (non-hydrogen) atoms. The average molecular weight is 402 g/mol. The largest absolute Gasteiger partial charge is 0.464 e. The van der Waals surface area contributed by atoms with E-state index >= 15 is 0 Å². The molecule has 0 radical (unpaired) electrons. The van der Waals surface area contributed by atoms with Gasteiger partial charge in [0.1, 0.15) is 5.82 Å². The van der Waals surface area contributed by atoms with E-state index in [0.717, 1.165) is 30.3 Å². The Balaban J connectivity index is 1.64. The van der Waals surface area contributed by atoms with Crippen LogP contribution in [0.2, 0.25) is 0 Å². The molecule has 2 aromatic heterocycles. The van der Waals surface area contributed by atoms with Gasteiger partial charge < -0.3 is 9.64 Å². The maximum absolute atomic E-state index is 13.4. The number of hydrogen-bond acceptors (Lipinski definition) is 6. The molecule has 0 aliphatic rings. The summed E-state index contributed by atoms with van der Waals surface area (Å²) < 4.78 is 21.7. The number of benzene rings is 1. The molecule has 0 bridgehead atoms. The van der Waals surface area contributed by atoms with Crippen LogP contribution < -0.4 is 4.74 Å². The predicted octanol–water partition coefficient (Wildman–Crippen LogP) is 2.46. The molecule has 3 rings (SSSR count). The van der Waals surface area contributed by atoms with Gasteiger partial charge in [-0.15, -0.1) is 0 Å². The van der Waals surface area contributed by atoms with Crippen molar-refractivity contribution in [3.63, 3.8) is 0 Å². The second-order valence-corrected chi connectivity index (χ2v) is 6.25. The molecule has 0 aliphatic carbocycles. The number of nitro groups is 1. The van der Waals surface area contributed by atoms with Gasteiger partial charge in [-0.25, -0.2) is 9.07 Å². The first-order valence-corrected chi connectivity index (χ1v) is 8.74. The molecule has 0 spiro atoms. The molecule has 152 valence electrons. The minimum Gasteiger partial charge on any atom is -0.464 e. The summed E-state index contributed by atoms with van der Waals surface area (Å²) in [7, 11) is 1.65. The van der Waals surface area contributed by atoms with Gasteiger partial charge >= 0.3 is 5.69 Å². The number of aromatic nitrogens is 4. The fourth-order valence-corrected chi connectivity index (χ4v) is 2.64. The maximum atomic E-state index is 13.4. The number of amides is 1. The van der Waals surface area contributed by atoms with Crippen LogP contribution in [0.15, 0.2) is 42.9 Å². The van der Waals surface area contributed by atoms with E-state index in [0.29, 0.717) is 6.54 Å². The Labute approximate surface area is 165 Å². The molecule has 0 atom stereocenters. The van der Waals surface area contributed by atoms with Gasteiger partial charge in [-0.3, -0.25) is 19.6 Å². The highest BCUT2D eigenvalue weighted by atomic mass is 19.1. The number of halogens is 1. The molecular weight excluding hydrogens is 383 g/mol. The van der Waals surface area contributed by atoms with Crippen molar-refractivity contribution < 1.29 is 18.8 Å². The van der Waals surface area contributed by atoms with E-state index in [4.69, 9.17) is 4.74 Å². The third-order valence-electron chi connectivity index (χ3n) is 4.11. The number of ether oxygens (including phenoxy) is 1. The Kier molecular flexibility index (Phi) is 5.86. The van der Waals surface area contributed by atoms with Crippen molar-refractivity contribution in [3.8, 4) is 5.75 Å². The van der Waals surface area contributed by atoms with Gasteiger partial charge in [0.05, 0.1) is 11.1 Å². The Morgan fingerprint density at radius 1 is 1.34 bits per heavy atom. The van der Waals surface area contributed by atoms with Crippen LogP contribution in [-0.4, -0.2) is 42.3 Å². The van der Waals surface area contributed by atoms with Crippen molar-refractivity contribution in [2.24, 2.45) is 0 Å². The van der Waals surface area contributed by atoms with Crippen molar-refractivity contribution >= 4 is 11.6 Å². The summed E-state index contributed by atoms with van der Waals surface area (Å²) in [5.41, 5.74) is 0.721. The fraction of sp³-hybridized carbons (Fsp3) is 0.278. The van der Waals surface area contributed by atoms with Crippen molar-refractivity contribution in [1.29, 1.82) is 0 Å². The second-order valence-electron chi connectivity index (χ2n) is 6.25. The molecule has 2 heterocycles. The first kappa shape index (κ1) is 20.0. The molecule has 1 aromatic carbocycles. The number of rotatable bonds is 8. The Bertz CT molecular complexity index is 1030. The van der Waals surface area contributed by atoms with Gasteiger partial charge in [0.2, 0.25) is 5.75 Å². The highest BCUT2D eigenvalue weighted by Gasteiger charge is 2.18. The lowest BCUT2D eigenvalue weighted by atomic mass is 10.3. The summed E-state index contributed by atoms with van der Waals surface area (Å²) >= 11 is 0. The Morgan fingerprint density at radius 2 is 2.14 bits per heavy atom. The predicted molar refractivity (Wildman–Crippen MR) is 99.6 cm³/mol. The van der Waals surface area contributed by atoms with Crippen LogP contribution in [0.3, 0.4) is 0 Å². The maximum Gasteiger partial charge on any atom is 0.311 e. The smallest absolute Gasteiger partial charge is 0.311 e. The molecule has 11 heteroatoms. The lowest BCUT2D eigenvalue weighted by molar-refractivity contribution is -0.386. The van der Waals surface area contributed by atoms with Gasteiger partial charge in [-0.05, 0) is 19.1 Å². The van der Waals surface area contributed by atoms with Crippen LogP contribution in [0.4, 0.5) is 10.1 Å². The van der Waals surface area contributed by atoms with E-state index in [9.17, 15) is 19.3 Å². The Morgan fingerprint density at radius 3 is 2.83 bits per heavy atom. The fourth-order valence-electron chi connectivity index (χ4n) is 2.64. The highest BCUT2D eigenvalue weighted by Crippen LogP contribution is 2.27. The number of hydrogen-bond donors (Lipinski definition) is 0. The number of aryl methyl sites for hydroxylation is 1.